The van der Waals surface area contributed by atoms with E-state index in [2.05, 4.69) is 5.32 Å². The van der Waals surface area contributed by atoms with Crippen LogP contribution in [-0.4, -0.2) is 29.3 Å². The summed E-state index contributed by atoms with van der Waals surface area (Å²) >= 11 is 0. The Morgan fingerprint density at radius 2 is 1.46 bits per heavy atom. The zero-order chi connectivity index (χ0) is 19.9. The molecule has 0 amide bonds. The lowest BCUT2D eigenvalue weighted by Gasteiger charge is -2.25. The Morgan fingerprint density at radius 3 is 1.96 bits per heavy atom. The molecule has 0 aliphatic carbocycles. The minimum atomic E-state index is -0.639. The molecule has 5 heteroatoms. The summed E-state index contributed by atoms with van der Waals surface area (Å²) in [7, 11) is 1.35. The first-order valence-corrected chi connectivity index (χ1v) is 9.03. The van der Waals surface area contributed by atoms with Crippen molar-refractivity contribution in [2.45, 2.75) is 18.5 Å². The van der Waals surface area contributed by atoms with Crippen molar-refractivity contribution in [1.82, 2.24) is 5.32 Å². The first-order valence-electron chi connectivity index (χ1n) is 9.03. The van der Waals surface area contributed by atoms with Crippen LogP contribution in [-0.2, 0) is 16.0 Å². The van der Waals surface area contributed by atoms with Crippen LogP contribution in [0.5, 0.6) is 11.5 Å². The van der Waals surface area contributed by atoms with Crippen LogP contribution in [0.1, 0.15) is 22.7 Å². The Morgan fingerprint density at radius 1 is 0.893 bits per heavy atom. The number of phenolic OH excluding ortho intramolecular Hbond substituents is 2. The van der Waals surface area contributed by atoms with Crippen LogP contribution in [0, 0.1) is 0 Å². The standard InChI is InChI=1S/C23H23NO4/c1-28-23(27)19(14-16-12-13-20(25)21(26)15-16)24-22(17-8-4-2-5-9-17)18-10-6-3-7-11-18/h2-13,15,19,22,24-26H,14H2,1H3/t19-/m1/s1. The highest BCUT2D eigenvalue weighted by molar-refractivity contribution is 5.76. The van der Waals surface area contributed by atoms with E-state index in [1.165, 1.54) is 19.2 Å². The van der Waals surface area contributed by atoms with Crippen LogP contribution in [0.25, 0.3) is 0 Å². The van der Waals surface area contributed by atoms with E-state index < -0.39 is 12.0 Å². The molecular formula is C23H23NO4. The highest BCUT2D eigenvalue weighted by Gasteiger charge is 2.25. The average Bonchev–Trinajstić information content (AvgIpc) is 2.74. The Hall–Kier alpha value is -3.31. The molecule has 28 heavy (non-hydrogen) atoms. The largest absolute Gasteiger partial charge is 0.504 e. The lowest BCUT2D eigenvalue weighted by molar-refractivity contribution is -0.143. The number of rotatable bonds is 7. The second kappa shape index (κ2) is 9.06. The summed E-state index contributed by atoms with van der Waals surface area (Å²) in [6.07, 6.45) is 0.302. The maximum Gasteiger partial charge on any atom is 0.323 e. The van der Waals surface area contributed by atoms with Gasteiger partial charge in [-0.15, -0.1) is 0 Å². The summed E-state index contributed by atoms with van der Waals surface area (Å²) in [5.74, 6) is -0.814. The average molecular weight is 377 g/mol. The molecule has 0 bridgehead atoms. The van der Waals surface area contributed by atoms with Gasteiger partial charge in [-0.05, 0) is 35.2 Å². The number of ether oxygens (including phenoxy) is 1. The molecular weight excluding hydrogens is 354 g/mol. The molecule has 0 saturated heterocycles. The third-order valence-electron chi connectivity index (χ3n) is 4.60. The van der Waals surface area contributed by atoms with Gasteiger partial charge in [-0.3, -0.25) is 10.1 Å². The van der Waals surface area contributed by atoms with Gasteiger partial charge in [0.25, 0.3) is 0 Å². The fourth-order valence-electron chi connectivity index (χ4n) is 3.16. The van der Waals surface area contributed by atoms with Crippen LogP contribution < -0.4 is 5.32 Å². The second-order valence-corrected chi connectivity index (χ2v) is 6.52. The van der Waals surface area contributed by atoms with Crippen molar-refractivity contribution in [1.29, 1.82) is 0 Å². The summed E-state index contributed by atoms with van der Waals surface area (Å²) in [6.45, 7) is 0. The molecule has 3 rings (SSSR count). The smallest absolute Gasteiger partial charge is 0.323 e. The van der Waals surface area contributed by atoms with Gasteiger partial charge in [-0.25, -0.2) is 0 Å². The fraction of sp³-hybridized carbons (Fsp3) is 0.174. The summed E-state index contributed by atoms with van der Waals surface area (Å²) in [5.41, 5.74) is 2.75. The maximum absolute atomic E-state index is 12.5. The van der Waals surface area contributed by atoms with Crippen molar-refractivity contribution in [2.75, 3.05) is 7.11 Å². The Labute approximate surface area is 164 Å². The van der Waals surface area contributed by atoms with Crippen LogP contribution in [0.2, 0.25) is 0 Å². The van der Waals surface area contributed by atoms with E-state index in [4.69, 9.17) is 4.74 Å². The number of phenols is 2. The van der Waals surface area contributed by atoms with Crippen molar-refractivity contribution in [3.8, 4) is 11.5 Å². The molecule has 0 aromatic heterocycles. The van der Waals surface area contributed by atoms with Gasteiger partial charge in [-0.2, -0.15) is 0 Å². The fourth-order valence-corrected chi connectivity index (χ4v) is 3.16. The molecule has 0 heterocycles. The van der Waals surface area contributed by atoms with Gasteiger partial charge < -0.3 is 14.9 Å². The predicted octanol–water partition coefficient (Wildman–Crippen LogP) is 3.56. The highest BCUT2D eigenvalue weighted by atomic mass is 16.5. The molecule has 1 atom stereocenters. The Kier molecular flexibility index (Phi) is 6.29. The zero-order valence-corrected chi connectivity index (χ0v) is 15.6. The number of nitrogens with one attached hydrogen (secondary N) is 1. The first-order chi connectivity index (χ1) is 13.6. The number of carbonyl (C=O) groups is 1. The van der Waals surface area contributed by atoms with Gasteiger partial charge in [0.2, 0.25) is 0 Å². The van der Waals surface area contributed by atoms with Gasteiger partial charge in [-0.1, -0.05) is 66.7 Å². The van der Waals surface area contributed by atoms with E-state index >= 15 is 0 Å². The number of methoxy groups -OCH3 is 1. The van der Waals surface area contributed by atoms with Crippen LogP contribution in [0.3, 0.4) is 0 Å². The zero-order valence-electron chi connectivity index (χ0n) is 15.6. The summed E-state index contributed by atoms with van der Waals surface area (Å²) < 4.78 is 5.00. The number of hydrogen-bond acceptors (Lipinski definition) is 5. The summed E-state index contributed by atoms with van der Waals surface area (Å²) in [4.78, 5) is 12.5. The highest BCUT2D eigenvalue weighted by Crippen LogP contribution is 2.27. The van der Waals surface area contributed by atoms with Gasteiger partial charge >= 0.3 is 5.97 Å². The second-order valence-electron chi connectivity index (χ2n) is 6.52. The van der Waals surface area contributed by atoms with Gasteiger partial charge in [0, 0.05) is 0 Å². The van der Waals surface area contributed by atoms with Gasteiger partial charge in [0.15, 0.2) is 11.5 Å². The molecule has 0 radical (unpaired) electrons. The third-order valence-corrected chi connectivity index (χ3v) is 4.60. The monoisotopic (exact) mass is 377 g/mol. The van der Waals surface area contributed by atoms with Crippen molar-refractivity contribution in [2.24, 2.45) is 0 Å². The van der Waals surface area contributed by atoms with Crippen molar-refractivity contribution in [3.05, 3.63) is 95.6 Å². The number of esters is 1. The number of carbonyl (C=O) groups excluding carboxylic acids is 1. The predicted molar refractivity (Wildman–Crippen MR) is 107 cm³/mol. The van der Waals surface area contributed by atoms with Crippen LogP contribution in [0.15, 0.2) is 78.9 Å². The molecule has 3 aromatic carbocycles. The third kappa shape index (κ3) is 4.69. The lowest BCUT2D eigenvalue weighted by atomic mass is 9.96. The van der Waals surface area contributed by atoms with E-state index in [1.54, 1.807) is 6.07 Å². The van der Waals surface area contributed by atoms with E-state index in [0.717, 1.165) is 11.1 Å². The number of benzene rings is 3. The molecule has 5 nitrogen and oxygen atoms in total. The SMILES string of the molecule is COC(=O)[C@@H](Cc1ccc(O)c(O)c1)NC(c1ccccc1)c1ccccc1. The molecule has 144 valence electrons. The Balaban J connectivity index is 1.91. The van der Waals surface area contributed by atoms with Gasteiger partial charge in [0.1, 0.15) is 6.04 Å². The summed E-state index contributed by atoms with van der Waals surface area (Å²) in [6, 6.07) is 23.4. The van der Waals surface area contributed by atoms with E-state index in [0.29, 0.717) is 12.0 Å². The van der Waals surface area contributed by atoms with Crippen LogP contribution in [0.4, 0.5) is 0 Å². The van der Waals surface area contributed by atoms with Crippen LogP contribution >= 0.6 is 0 Å². The quantitative estimate of drug-likeness (QED) is 0.433. The van der Waals surface area contributed by atoms with Gasteiger partial charge in [0.05, 0.1) is 13.2 Å². The molecule has 0 spiro atoms. The molecule has 3 N–H and O–H groups in total. The molecule has 0 aliphatic heterocycles. The lowest BCUT2D eigenvalue weighted by Crippen LogP contribution is -2.42. The van der Waals surface area contributed by atoms with E-state index in [-0.39, 0.29) is 17.5 Å². The normalized spacial score (nSPS) is 11.9. The minimum absolute atomic E-state index is 0.197. The molecule has 0 aliphatic rings. The minimum Gasteiger partial charge on any atom is -0.504 e. The van der Waals surface area contributed by atoms with Crippen molar-refractivity contribution < 1.29 is 19.7 Å². The molecule has 0 fully saturated rings. The number of hydrogen-bond donors (Lipinski definition) is 3. The van der Waals surface area contributed by atoms with E-state index in [9.17, 15) is 15.0 Å². The van der Waals surface area contributed by atoms with E-state index in [1.807, 2.05) is 60.7 Å². The van der Waals surface area contributed by atoms with Crippen molar-refractivity contribution in [3.63, 3.8) is 0 Å². The number of aromatic hydroxyl groups is 2. The molecule has 3 aromatic rings. The van der Waals surface area contributed by atoms with Crippen molar-refractivity contribution >= 4 is 5.97 Å². The molecule has 0 saturated carbocycles. The maximum atomic E-state index is 12.5. The first kappa shape index (κ1) is 19.5. The topological polar surface area (TPSA) is 78.8 Å². The Bertz CT molecular complexity index is 873. The molecule has 0 unspecified atom stereocenters. The summed E-state index contributed by atoms with van der Waals surface area (Å²) in [5, 5.41) is 22.7.